The van der Waals surface area contributed by atoms with Crippen LogP contribution in [0.5, 0.6) is 0 Å². The van der Waals surface area contributed by atoms with E-state index in [9.17, 15) is 9.18 Å². The number of nitrogens with zero attached hydrogens (tertiary/aromatic N) is 2. The molecule has 0 aliphatic rings. The Hall–Kier alpha value is -2.01. The van der Waals surface area contributed by atoms with E-state index in [1.54, 1.807) is 20.8 Å². The molecular weight excluding hydrogens is 281 g/mol. The minimum Gasteiger partial charge on any atom is -0.322 e. The summed E-state index contributed by atoms with van der Waals surface area (Å²) in [6, 6.07) is 4.00. The summed E-state index contributed by atoms with van der Waals surface area (Å²) >= 11 is 5.68. The molecule has 0 bridgehead atoms. The minimum absolute atomic E-state index is 0.0450. The minimum atomic E-state index is -0.532. The number of carbonyl (C=O) groups excluding carboxylic acids is 1. The molecule has 4 nitrogen and oxygen atoms in total. The van der Waals surface area contributed by atoms with Gasteiger partial charge in [-0.15, -0.1) is 0 Å². The van der Waals surface area contributed by atoms with Crippen LogP contribution in [0.4, 0.5) is 10.1 Å². The fourth-order valence-electron chi connectivity index (χ4n) is 1.98. The van der Waals surface area contributed by atoms with E-state index in [2.05, 4.69) is 15.3 Å². The smallest absolute Gasteiger partial charge is 0.259 e. The second-order valence-corrected chi connectivity index (χ2v) is 4.81. The van der Waals surface area contributed by atoms with Gasteiger partial charge in [-0.05, 0) is 39.0 Å². The summed E-state index contributed by atoms with van der Waals surface area (Å²) in [4.78, 5) is 20.6. The van der Waals surface area contributed by atoms with Gasteiger partial charge in [0.1, 0.15) is 11.6 Å². The zero-order chi connectivity index (χ0) is 14.9. The van der Waals surface area contributed by atoms with Crippen molar-refractivity contribution < 1.29 is 9.18 Å². The van der Waals surface area contributed by atoms with Crippen molar-refractivity contribution in [3.8, 4) is 0 Å². The lowest BCUT2D eigenvalue weighted by molar-refractivity contribution is 0.102. The van der Waals surface area contributed by atoms with Crippen molar-refractivity contribution in [1.82, 2.24) is 9.97 Å². The highest BCUT2D eigenvalue weighted by Crippen LogP contribution is 2.20. The number of halogens is 2. The van der Waals surface area contributed by atoms with Gasteiger partial charge in [-0.25, -0.2) is 14.4 Å². The predicted octanol–water partition coefficient (Wildman–Crippen LogP) is 3.45. The first-order valence-corrected chi connectivity index (χ1v) is 6.34. The van der Waals surface area contributed by atoms with Gasteiger partial charge < -0.3 is 5.32 Å². The zero-order valence-electron chi connectivity index (χ0n) is 11.3. The average Bonchev–Trinajstić information content (AvgIpc) is 2.32. The SMILES string of the molecule is Cc1nc(C)c(C(=O)Nc2ccc(F)c(Cl)c2)c(C)n1. The molecule has 20 heavy (non-hydrogen) atoms. The van der Waals surface area contributed by atoms with Gasteiger partial charge in [0, 0.05) is 5.69 Å². The summed E-state index contributed by atoms with van der Waals surface area (Å²) in [7, 11) is 0. The first-order chi connectivity index (χ1) is 9.38. The topological polar surface area (TPSA) is 54.9 Å². The van der Waals surface area contributed by atoms with Gasteiger partial charge in [-0.2, -0.15) is 0 Å². The Morgan fingerprint density at radius 3 is 2.35 bits per heavy atom. The van der Waals surface area contributed by atoms with Crippen LogP contribution in [0.25, 0.3) is 0 Å². The lowest BCUT2D eigenvalue weighted by atomic mass is 10.1. The monoisotopic (exact) mass is 293 g/mol. The van der Waals surface area contributed by atoms with Crippen LogP contribution in [0.3, 0.4) is 0 Å². The van der Waals surface area contributed by atoms with Crippen molar-refractivity contribution in [3.63, 3.8) is 0 Å². The lowest BCUT2D eigenvalue weighted by Gasteiger charge is -2.10. The van der Waals surface area contributed by atoms with Crippen molar-refractivity contribution in [2.45, 2.75) is 20.8 Å². The summed E-state index contributed by atoms with van der Waals surface area (Å²) in [6.07, 6.45) is 0. The molecule has 0 radical (unpaired) electrons. The molecule has 1 N–H and O–H groups in total. The molecule has 0 saturated heterocycles. The van der Waals surface area contributed by atoms with Crippen LogP contribution < -0.4 is 5.32 Å². The number of rotatable bonds is 2. The molecule has 1 amide bonds. The molecule has 0 spiro atoms. The van der Waals surface area contributed by atoms with Gasteiger partial charge in [0.25, 0.3) is 5.91 Å². The Balaban J connectivity index is 2.31. The van der Waals surface area contributed by atoms with Crippen LogP contribution in [0.2, 0.25) is 5.02 Å². The fraction of sp³-hybridized carbons (Fsp3) is 0.214. The first-order valence-electron chi connectivity index (χ1n) is 5.96. The number of aromatic nitrogens is 2. The maximum atomic E-state index is 13.1. The van der Waals surface area contributed by atoms with E-state index < -0.39 is 5.82 Å². The summed E-state index contributed by atoms with van der Waals surface area (Å²) in [6.45, 7) is 5.25. The Bertz CT molecular complexity index is 665. The van der Waals surface area contributed by atoms with Gasteiger partial charge in [0.2, 0.25) is 0 Å². The zero-order valence-corrected chi connectivity index (χ0v) is 12.0. The van der Waals surface area contributed by atoms with E-state index in [0.29, 0.717) is 28.5 Å². The Labute approximate surface area is 121 Å². The number of anilines is 1. The molecule has 0 saturated carbocycles. The van der Waals surface area contributed by atoms with Crippen LogP contribution in [-0.4, -0.2) is 15.9 Å². The standard InChI is InChI=1S/C14H13ClFN3O/c1-7-13(8(2)18-9(3)17-7)14(20)19-10-4-5-12(16)11(15)6-10/h4-6H,1-3H3,(H,19,20). The van der Waals surface area contributed by atoms with Crippen molar-refractivity contribution >= 4 is 23.2 Å². The van der Waals surface area contributed by atoms with E-state index in [1.165, 1.54) is 18.2 Å². The second kappa shape index (κ2) is 5.54. The molecule has 0 atom stereocenters. The normalized spacial score (nSPS) is 10.4. The number of carbonyl (C=O) groups is 1. The molecule has 1 heterocycles. The van der Waals surface area contributed by atoms with Gasteiger partial charge >= 0.3 is 0 Å². The first kappa shape index (κ1) is 14.4. The maximum Gasteiger partial charge on any atom is 0.259 e. The van der Waals surface area contributed by atoms with Crippen LogP contribution in [0.15, 0.2) is 18.2 Å². The average molecular weight is 294 g/mol. The Kier molecular flexibility index (Phi) is 3.99. The van der Waals surface area contributed by atoms with Crippen molar-refractivity contribution in [2.24, 2.45) is 0 Å². The van der Waals surface area contributed by atoms with Crippen LogP contribution in [-0.2, 0) is 0 Å². The van der Waals surface area contributed by atoms with Gasteiger partial charge in [0.15, 0.2) is 0 Å². The van der Waals surface area contributed by atoms with E-state index in [-0.39, 0.29) is 10.9 Å². The third kappa shape index (κ3) is 2.93. The molecule has 0 unspecified atom stereocenters. The molecule has 2 aromatic rings. The number of hydrogen-bond acceptors (Lipinski definition) is 3. The Morgan fingerprint density at radius 2 is 1.80 bits per heavy atom. The molecular formula is C14H13ClFN3O. The Morgan fingerprint density at radius 1 is 1.20 bits per heavy atom. The molecule has 0 aliphatic carbocycles. The molecule has 1 aromatic heterocycles. The van der Waals surface area contributed by atoms with E-state index in [1.807, 2.05) is 0 Å². The van der Waals surface area contributed by atoms with Crippen LogP contribution in [0.1, 0.15) is 27.6 Å². The second-order valence-electron chi connectivity index (χ2n) is 4.40. The third-order valence-corrected chi connectivity index (χ3v) is 3.08. The van der Waals surface area contributed by atoms with Gasteiger partial charge in [-0.3, -0.25) is 4.79 Å². The summed E-state index contributed by atoms with van der Waals surface area (Å²) < 4.78 is 13.1. The van der Waals surface area contributed by atoms with Crippen LogP contribution >= 0.6 is 11.6 Å². The lowest BCUT2D eigenvalue weighted by Crippen LogP contribution is -2.17. The van der Waals surface area contributed by atoms with Crippen molar-refractivity contribution in [3.05, 3.63) is 51.8 Å². The van der Waals surface area contributed by atoms with E-state index in [4.69, 9.17) is 11.6 Å². The van der Waals surface area contributed by atoms with Crippen molar-refractivity contribution in [1.29, 1.82) is 0 Å². The van der Waals surface area contributed by atoms with Gasteiger partial charge in [-0.1, -0.05) is 11.6 Å². The molecule has 104 valence electrons. The van der Waals surface area contributed by atoms with Gasteiger partial charge in [0.05, 0.1) is 22.0 Å². The quantitative estimate of drug-likeness (QED) is 0.922. The van der Waals surface area contributed by atoms with E-state index in [0.717, 1.165) is 0 Å². The largest absolute Gasteiger partial charge is 0.322 e. The third-order valence-electron chi connectivity index (χ3n) is 2.79. The number of benzene rings is 1. The summed E-state index contributed by atoms with van der Waals surface area (Å²) in [5, 5.41) is 2.61. The molecule has 0 aliphatic heterocycles. The molecule has 1 aromatic carbocycles. The van der Waals surface area contributed by atoms with E-state index >= 15 is 0 Å². The molecule has 6 heteroatoms. The predicted molar refractivity (Wildman–Crippen MR) is 75.6 cm³/mol. The number of amides is 1. The number of aryl methyl sites for hydroxylation is 3. The summed E-state index contributed by atoms with van der Waals surface area (Å²) in [5.41, 5.74) is 2.03. The van der Waals surface area contributed by atoms with Crippen LogP contribution in [0, 0.1) is 26.6 Å². The highest BCUT2D eigenvalue weighted by molar-refractivity contribution is 6.31. The maximum absolute atomic E-state index is 13.1. The fourth-order valence-corrected chi connectivity index (χ4v) is 2.16. The highest BCUT2D eigenvalue weighted by Gasteiger charge is 2.15. The number of hydrogen-bond donors (Lipinski definition) is 1. The van der Waals surface area contributed by atoms with Crippen molar-refractivity contribution in [2.75, 3.05) is 5.32 Å². The highest BCUT2D eigenvalue weighted by atomic mass is 35.5. The summed E-state index contributed by atoms with van der Waals surface area (Å²) in [5.74, 6) is -0.264. The molecule has 0 fully saturated rings. The number of nitrogens with one attached hydrogen (secondary N) is 1. The molecule has 2 rings (SSSR count).